The topological polar surface area (TPSA) is 55.1 Å². The highest BCUT2D eigenvalue weighted by molar-refractivity contribution is 9.10. The molecule has 0 fully saturated rings. The van der Waals surface area contributed by atoms with Crippen LogP contribution in [0.4, 0.5) is 0 Å². The third kappa shape index (κ3) is 2.72. The molecule has 0 radical (unpaired) electrons. The molecule has 24 heavy (non-hydrogen) atoms. The summed E-state index contributed by atoms with van der Waals surface area (Å²) < 4.78 is 7.79. The van der Waals surface area contributed by atoms with Gasteiger partial charge in [0, 0.05) is 15.4 Å². The summed E-state index contributed by atoms with van der Waals surface area (Å²) in [6.07, 6.45) is 0. The molecule has 4 nitrogen and oxygen atoms in total. The summed E-state index contributed by atoms with van der Waals surface area (Å²) in [5, 5.41) is 4.71. The van der Waals surface area contributed by atoms with Gasteiger partial charge in [-0.15, -0.1) is 11.3 Å². The first-order chi connectivity index (χ1) is 11.6. The van der Waals surface area contributed by atoms with Crippen LogP contribution in [0.25, 0.3) is 21.2 Å². The number of aromatic nitrogens is 1. The predicted molar refractivity (Wildman–Crippen MR) is 99.4 cm³/mol. The van der Waals surface area contributed by atoms with Crippen molar-refractivity contribution in [3.8, 4) is 0 Å². The van der Waals surface area contributed by atoms with E-state index in [2.05, 4.69) is 26.2 Å². The number of benzene rings is 2. The van der Waals surface area contributed by atoms with Gasteiger partial charge in [-0.3, -0.25) is 4.79 Å². The molecule has 0 saturated heterocycles. The number of furan rings is 1. The monoisotopic (exact) mass is 400 g/mol. The van der Waals surface area contributed by atoms with Crippen LogP contribution in [0.1, 0.15) is 21.1 Å². The molecule has 2 heterocycles. The first-order valence-corrected chi connectivity index (χ1v) is 9.04. The molecule has 0 unspecified atom stereocenters. The van der Waals surface area contributed by atoms with Gasteiger partial charge >= 0.3 is 0 Å². The first kappa shape index (κ1) is 15.4. The number of carbonyl (C=O) groups is 1. The summed E-state index contributed by atoms with van der Waals surface area (Å²) in [7, 11) is 0. The second-order valence-electron chi connectivity index (χ2n) is 5.45. The van der Waals surface area contributed by atoms with Crippen LogP contribution < -0.4 is 5.32 Å². The third-order valence-corrected chi connectivity index (χ3v) is 5.37. The van der Waals surface area contributed by atoms with Gasteiger partial charge in [0.1, 0.15) is 10.6 Å². The maximum Gasteiger partial charge on any atom is 0.287 e. The number of halogens is 1. The Hall–Kier alpha value is -2.18. The molecule has 0 aliphatic heterocycles. The molecule has 120 valence electrons. The largest absolute Gasteiger partial charge is 0.451 e. The van der Waals surface area contributed by atoms with Crippen LogP contribution in [0.5, 0.6) is 0 Å². The summed E-state index contributed by atoms with van der Waals surface area (Å²) in [5.41, 5.74) is 2.51. The average molecular weight is 401 g/mol. The van der Waals surface area contributed by atoms with Crippen molar-refractivity contribution < 1.29 is 9.21 Å². The van der Waals surface area contributed by atoms with E-state index in [0.29, 0.717) is 17.9 Å². The summed E-state index contributed by atoms with van der Waals surface area (Å²) in [5.74, 6) is 0.128. The fraction of sp³-hybridized carbons (Fsp3) is 0.111. The van der Waals surface area contributed by atoms with Gasteiger partial charge in [0.05, 0.1) is 16.8 Å². The molecule has 0 bridgehead atoms. The summed E-state index contributed by atoms with van der Waals surface area (Å²) in [4.78, 5) is 17.0. The van der Waals surface area contributed by atoms with Crippen molar-refractivity contribution in [2.75, 3.05) is 0 Å². The van der Waals surface area contributed by atoms with Crippen LogP contribution in [0.15, 0.2) is 51.4 Å². The van der Waals surface area contributed by atoms with Crippen LogP contribution in [0.2, 0.25) is 0 Å². The summed E-state index contributed by atoms with van der Waals surface area (Å²) >= 11 is 5.02. The van der Waals surface area contributed by atoms with Crippen LogP contribution in [0, 0.1) is 6.92 Å². The molecule has 4 rings (SSSR count). The quantitative estimate of drug-likeness (QED) is 0.523. The van der Waals surface area contributed by atoms with E-state index in [1.54, 1.807) is 11.3 Å². The van der Waals surface area contributed by atoms with Crippen LogP contribution in [-0.4, -0.2) is 10.9 Å². The van der Waals surface area contributed by atoms with E-state index < -0.39 is 0 Å². The van der Waals surface area contributed by atoms with Crippen LogP contribution in [-0.2, 0) is 6.54 Å². The van der Waals surface area contributed by atoms with Crippen LogP contribution in [0.3, 0.4) is 0 Å². The third-order valence-electron chi connectivity index (χ3n) is 3.84. The number of hydrogen-bond acceptors (Lipinski definition) is 4. The van der Waals surface area contributed by atoms with Gasteiger partial charge in [0.2, 0.25) is 0 Å². The predicted octanol–water partition coefficient (Wildman–Crippen LogP) is 5.04. The lowest BCUT2D eigenvalue weighted by molar-refractivity contribution is 0.0924. The average Bonchev–Trinajstić information content (AvgIpc) is 3.14. The number of aryl methyl sites for hydroxylation is 1. The van der Waals surface area contributed by atoms with Gasteiger partial charge in [-0.25, -0.2) is 4.98 Å². The minimum atomic E-state index is -0.223. The summed E-state index contributed by atoms with van der Waals surface area (Å²) in [6.45, 7) is 2.28. The number of carbonyl (C=O) groups excluding carboxylic acids is 1. The van der Waals surface area contributed by atoms with E-state index in [-0.39, 0.29) is 5.91 Å². The number of fused-ring (bicyclic) bond motifs is 2. The van der Waals surface area contributed by atoms with E-state index >= 15 is 0 Å². The normalized spacial score (nSPS) is 11.2. The van der Waals surface area contributed by atoms with E-state index in [1.165, 1.54) is 0 Å². The number of para-hydroxylation sites is 1. The van der Waals surface area contributed by atoms with Crippen molar-refractivity contribution in [1.82, 2.24) is 10.3 Å². The van der Waals surface area contributed by atoms with E-state index in [4.69, 9.17) is 4.42 Å². The molecule has 2 aromatic heterocycles. The van der Waals surface area contributed by atoms with Crippen LogP contribution >= 0.6 is 27.3 Å². The van der Waals surface area contributed by atoms with Gasteiger partial charge in [0.15, 0.2) is 5.76 Å². The molecule has 0 spiro atoms. The molecular formula is C18H13BrN2O2S. The number of rotatable bonds is 3. The second kappa shape index (κ2) is 6.03. The Morgan fingerprint density at radius 1 is 1.29 bits per heavy atom. The zero-order valence-electron chi connectivity index (χ0n) is 12.8. The lowest BCUT2D eigenvalue weighted by Crippen LogP contribution is -2.22. The number of thiazole rings is 1. The summed E-state index contributed by atoms with van der Waals surface area (Å²) in [6, 6.07) is 13.7. The molecule has 6 heteroatoms. The van der Waals surface area contributed by atoms with Crippen molar-refractivity contribution in [3.05, 3.63) is 63.3 Å². The van der Waals surface area contributed by atoms with Crippen molar-refractivity contribution in [2.24, 2.45) is 0 Å². The number of nitrogens with one attached hydrogen (secondary N) is 1. The van der Waals surface area contributed by atoms with E-state index in [9.17, 15) is 4.79 Å². The Morgan fingerprint density at radius 2 is 2.12 bits per heavy atom. The van der Waals surface area contributed by atoms with Gasteiger partial charge in [-0.1, -0.05) is 28.1 Å². The highest BCUT2D eigenvalue weighted by Crippen LogP contribution is 2.28. The molecule has 0 saturated carbocycles. The smallest absolute Gasteiger partial charge is 0.287 e. The molecule has 2 aromatic carbocycles. The number of nitrogens with zero attached hydrogens (tertiary/aromatic N) is 1. The van der Waals surface area contributed by atoms with Gasteiger partial charge < -0.3 is 9.73 Å². The Labute approximate surface area is 150 Å². The molecule has 4 aromatic rings. The van der Waals surface area contributed by atoms with Crippen molar-refractivity contribution >= 4 is 54.4 Å². The van der Waals surface area contributed by atoms with Crippen molar-refractivity contribution in [2.45, 2.75) is 13.5 Å². The Bertz CT molecular complexity index is 1030. The van der Waals surface area contributed by atoms with Gasteiger partial charge in [-0.05, 0) is 37.3 Å². The maximum atomic E-state index is 12.5. The standard InChI is InChI=1S/C18H13BrN2O2S/c1-10-12-8-11(19)6-7-14(12)23-17(10)18(22)20-9-16-21-13-4-2-3-5-15(13)24-16/h2-8H,9H2,1H3,(H,20,22). The highest BCUT2D eigenvalue weighted by atomic mass is 79.9. The molecule has 1 N–H and O–H groups in total. The lowest BCUT2D eigenvalue weighted by Gasteiger charge is -2.00. The molecular weight excluding hydrogens is 388 g/mol. The SMILES string of the molecule is Cc1c(C(=O)NCc2nc3ccccc3s2)oc2ccc(Br)cc12. The molecule has 0 aliphatic rings. The van der Waals surface area contributed by atoms with E-state index in [1.807, 2.05) is 49.4 Å². The Morgan fingerprint density at radius 3 is 2.96 bits per heavy atom. The fourth-order valence-corrected chi connectivity index (χ4v) is 3.91. The van der Waals surface area contributed by atoms with E-state index in [0.717, 1.165) is 30.6 Å². The van der Waals surface area contributed by atoms with Crippen molar-refractivity contribution in [1.29, 1.82) is 0 Å². The molecule has 0 aliphatic carbocycles. The van der Waals surface area contributed by atoms with Gasteiger partial charge in [0.25, 0.3) is 5.91 Å². The lowest BCUT2D eigenvalue weighted by atomic mass is 10.1. The fourth-order valence-electron chi connectivity index (χ4n) is 2.64. The minimum absolute atomic E-state index is 0.223. The molecule has 1 amide bonds. The first-order valence-electron chi connectivity index (χ1n) is 7.43. The number of amides is 1. The zero-order valence-corrected chi connectivity index (χ0v) is 15.2. The highest BCUT2D eigenvalue weighted by Gasteiger charge is 2.18. The van der Waals surface area contributed by atoms with Crippen molar-refractivity contribution in [3.63, 3.8) is 0 Å². The van der Waals surface area contributed by atoms with Gasteiger partial charge in [-0.2, -0.15) is 0 Å². The Kier molecular flexibility index (Phi) is 3.86. The minimum Gasteiger partial charge on any atom is -0.451 e. The maximum absolute atomic E-state index is 12.5. The number of hydrogen-bond donors (Lipinski definition) is 1. The molecule has 0 atom stereocenters. The zero-order chi connectivity index (χ0) is 16.7. The Balaban J connectivity index is 1.56. The second-order valence-corrected chi connectivity index (χ2v) is 7.49.